The van der Waals surface area contributed by atoms with Gasteiger partial charge in [-0.25, -0.2) is 0 Å². The fourth-order valence-corrected chi connectivity index (χ4v) is 2.82. The second kappa shape index (κ2) is 10.8. The van der Waals surface area contributed by atoms with Gasteiger partial charge >= 0.3 is 0 Å². The first-order valence-electron chi connectivity index (χ1n) is 7.46. The van der Waals surface area contributed by atoms with Gasteiger partial charge in [0, 0.05) is 25.7 Å². The third-order valence-corrected chi connectivity index (χ3v) is 4.02. The lowest BCUT2D eigenvalue weighted by molar-refractivity contribution is -0.120. The summed E-state index contributed by atoms with van der Waals surface area (Å²) >= 11 is 0. The summed E-state index contributed by atoms with van der Waals surface area (Å²) < 4.78 is 0. The van der Waals surface area contributed by atoms with E-state index in [1.54, 1.807) is 7.05 Å². The Labute approximate surface area is 145 Å². The maximum atomic E-state index is 11.6. The number of likely N-dealkylation sites (N-methyl/N-ethyl adjacent to an activating group) is 1. The standard InChI is InChI=1S/C16H25N3O.2ClH/c1-3-15(10-18-16(20)11-17-2)19-9-8-13-6-4-5-7-14(13)12-19;;/h4-7,15,17H,3,8-12H2,1-2H3,(H,18,20);2*1H. The molecule has 0 spiro atoms. The summed E-state index contributed by atoms with van der Waals surface area (Å²) in [7, 11) is 1.79. The summed E-state index contributed by atoms with van der Waals surface area (Å²) in [5, 5.41) is 5.89. The second-order valence-electron chi connectivity index (χ2n) is 5.39. The highest BCUT2D eigenvalue weighted by molar-refractivity contribution is 5.85. The Kier molecular flexibility index (Phi) is 10.4. The van der Waals surface area contributed by atoms with Crippen molar-refractivity contribution in [1.82, 2.24) is 15.5 Å². The Bertz CT molecular complexity index is 457. The van der Waals surface area contributed by atoms with E-state index < -0.39 is 0 Å². The Morgan fingerprint density at radius 3 is 2.59 bits per heavy atom. The van der Waals surface area contributed by atoms with Crippen LogP contribution in [0.2, 0.25) is 0 Å². The Balaban J connectivity index is 0.00000220. The van der Waals surface area contributed by atoms with Gasteiger partial charge in [-0.15, -0.1) is 24.8 Å². The SMILES string of the molecule is CCC(CNC(=O)CNC)N1CCc2ccccc2C1.Cl.Cl. The minimum absolute atomic E-state index is 0. The number of nitrogens with zero attached hydrogens (tertiary/aromatic N) is 1. The van der Waals surface area contributed by atoms with Crippen molar-refractivity contribution in [3.05, 3.63) is 35.4 Å². The number of fused-ring (bicyclic) bond motifs is 1. The number of rotatable bonds is 6. The van der Waals surface area contributed by atoms with E-state index in [0.717, 1.165) is 32.5 Å². The molecule has 0 aromatic heterocycles. The second-order valence-corrected chi connectivity index (χ2v) is 5.39. The van der Waals surface area contributed by atoms with E-state index in [1.165, 1.54) is 11.1 Å². The van der Waals surface area contributed by atoms with Crippen LogP contribution >= 0.6 is 24.8 Å². The van der Waals surface area contributed by atoms with Crippen LogP contribution in [-0.2, 0) is 17.8 Å². The summed E-state index contributed by atoms with van der Waals surface area (Å²) in [6.45, 7) is 5.39. The molecule has 1 heterocycles. The molecule has 1 aliphatic heterocycles. The fraction of sp³-hybridized carbons (Fsp3) is 0.562. The molecule has 1 aromatic rings. The summed E-state index contributed by atoms with van der Waals surface area (Å²) in [6.07, 6.45) is 2.17. The number of benzene rings is 1. The van der Waals surface area contributed by atoms with Crippen LogP contribution in [-0.4, -0.2) is 43.5 Å². The molecule has 6 heteroatoms. The van der Waals surface area contributed by atoms with E-state index in [0.29, 0.717) is 12.6 Å². The lowest BCUT2D eigenvalue weighted by Gasteiger charge is -2.35. The number of halogens is 2. The molecule has 0 fully saturated rings. The van der Waals surface area contributed by atoms with Gasteiger partial charge in [0.15, 0.2) is 0 Å². The van der Waals surface area contributed by atoms with Gasteiger partial charge in [0.2, 0.25) is 5.91 Å². The van der Waals surface area contributed by atoms with Crippen molar-refractivity contribution in [2.75, 3.05) is 26.7 Å². The van der Waals surface area contributed by atoms with Crippen molar-refractivity contribution in [3.63, 3.8) is 0 Å². The quantitative estimate of drug-likeness (QED) is 0.827. The molecule has 4 nitrogen and oxygen atoms in total. The highest BCUT2D eigenvalue weighted by atomic mass is 35.5. The molecule has 0 aliphatic carbocycles. The lowest BCUT2D eigenvalue weighted by Crippen LogP contribution is -2.46. The first-order valence-corrected chi connectivity index (χ1v) is 7.46. The van der Waals surface area contributed by atoms with Gasteiger partial charge in [0.05, 0.1) is 6.54 Å². The topological polar surface area (TPSA) is 44.4 Å². The molecule has 1 aliphatic rings. The van der Waals surface area contributed by atoms with Gasteiger partial charge in [-0.3, -0.25) is 9.69 Å². The molecular weight excluding hydrogens is 321 g/mol. The summed E-state index contributed by atoms with van der Waals surface area (Å²) in [5.41, 5.74) is 2.90. The molecule has 1 unspecified atom stereocenters. The van der Waals surface area contributed by atoms with E-state index in [-0.39, 0.29) is 30.7 Å². The normalized spacial score (nSPS) is 15.0. The maximum Gasteiger partial charge on any atom is 0.234 e. The molecule has 126 valence electrons. The van der Waals surface area contributed by atoms with E-state index in [2.05, 4.69) is 46.7 Å². The van der Waals surface area contributed by atoms with Gasteiger partial charge in [0.25, 0.3) is 0 Å². The molecule has 1 atom stereocenters. The van der Waals surface area contributed by atoms with Crippen molar-refractivity contribution >= 4 is 30.7 Å². The largest absolute Gasteiger partial charge is 0.353 e. The number of carbonyl (C=O) groups excluding carboxylic acids is 1. The van der Waals surface area contributed by atoms with Crippen LogP contribution in [0.25, 0.3) is 0 Å². The molecule has 22 heavy (non-hydrogen) atoms. The van der Waals surface area contributed by atoms with Crippen molar-refractivity contribution in [2.24, 2.45) is 0 Å². The Morgan fingerprint density at radius 1 is 1.27 bits per heavy atom. The van der Waals surface area contributed by atoms with Crippen molar-refractivity contribution < 1.29 is 4.79 Å². The van der Waals surface area contributed by atoms with Crippen molar-refractivity contribution in [2.45, 2.75) is 32.4 Å². The number of amides is 1. The maximum absolute atomic E-state index is 11.6. The number of nitrogens with one attached hydrogen (secondary N) is 2. The highest BCUT2D eigenvalue weighted by Gasteiger charge is 2.22. The monoisotopic (exact) mass is 347 g/mol. The van der Waals surface area contributed by atoms with Crippen LogP contribution in [0.15, 0.2) is 24.3 Å². The van der Waals surface area contributed by atoms with Gasteiger partial charge in [-0.1, -0.05) is 31.2 Å². The van der Waals surface area contributed by atoms with Crippen LogP contribution in [0, 0.1) is 0 Å². The van der Waals surface area contributed by atoms with Crippen LogP contribution in [0.1, 0.15) is 24.5 Å². The van der Waals surface area contributed by atoms with Gasteiger partial charge in [0.1, 0.15) is 0 Å². The molecule has 0 radical (unpaired) electrons. The minimum atomic E-state index is 0. The van der Waals surface area contributed by atoms with E-state index >= 15 is 0 Å². The molecule has 1 amide bonds. The predicted molar refractivity (Wildman–Crippen MR) is 96.1 cm³/mol. The zero-order valence-electron chi connectivity index (χ0n) is 13.3. The van der Waals surface area contributed by atoms with E-state index in [9.17, 15) is 4.79 Å². The summed E-state index contributed by atoms with van der Waals surface area (Å²) in [4.78, 5) is 14.0. The first kappa shape index (κ1) is 21.2. The van der Waals surface area contributed by atoms with Gasteiger partial charge < -0.3 is 10.6 Å². The van der Waals surface area contributed by atoms with Crippen LogP contribution in [0.4, 0.5) is 0 Å². The average molecular weight is 348 g/mol. The zero-order chi connectivity index (χ0) is 14.4. The number of hydrogen-bond acceptors (Lipinski definition) is 3. The average Bonchev–Trinajstić information content (AvgIpc) is 2.48. The van der Waals surface area contributed by atoms with Crippen LogP contribution in [0.5, 0.6) is 0 Å². The molecule has 1 aromatic carbocycles. The number of hydrogen-bond donors (Lipinski definition) is 2. The summed E-state index contributed by atoms with van der Waals surface area (Å²) in [5.74, 6) is 0.0726. The number of carbonyl (C=O) groups is 1. The van der Waals surface area contributed by atoms with Gasteiger partial charge in [-0.2, -0.15) is 0 Å². The predicted octanol–water partition coefficient (Wildman–Crippen LogP) is 2.00. The molecule has 2 N–H and O–H groups in total. The first-order chi connectivity index (χ1) is 9.74. The summed E-state index contributed by atoms with van der Waals surface area (Å²) in [6, 6.07) is 9.09. The molecule has 0 saturated heterocycles. The van der Waals surface area contributed by atoms with Crippen molar-refractivity contribution in [3.8, 4) is 0 Å². The third-order valence-electron chi connectivity index (χ3n) is 4.02. The lowest BCUT2D eigenvalue weighted by atomic mass is 9.98. The smallest absolute Gasteiger partial charge is 0.234 e. The van der Waals surface area contributed by atoms with E-state index in [1.807, 2.05) is 0 Å². The molecule has 0 bridgehead atoms. The highest BCUT2D eigenvalue weighted by Crippen LogP contribution is 2.20. The molecule has 0 saturated carbocycles. The molecular formula is C16H27Cl2N3O. The minimum Gasteiger partial charge on any atom is -0.353 e. The zero-order valence-corrected chi connectivity index (χ0v) is 14.9. The van der Waals surface area contributed by atoms with Gasteiger partial charge in [-0.05, 0) is 31.0 Å². The molecule has 2 rings (SSSR count). The third kappa shape index (κ3) is 5.76. The Morgan fingerprint density at radius 2 is 1.95 bits per heavy atom. The fourth-order valence-electron chi connectivity index (χ4n) is 2.82. The van der Waals surface area contributed by atoms with Crippen molar-refractivity contribution in [1.29, 1.82) is 0 Å². The van der Waals surface area contributed by atoms with E-state index in [4.69, 9.17) is 0 Å². The van der Waals surface area contributed by atoms with Crippen LogP contribution in [0.3, 0.4) is 0 Å². The van der Waals surface area contributed by atoms with Crippen LogP contribution < -0.4 is 10.6 Å². The Hall–Kier alpha value is -0.810.